The van der Waals surface area contributed by atoms with E-state index < -0.39 is 0 Å². The van der Waals surface area contributed by atoms with Gasteiger partial charge in [-0.25, -0.2) is 4.79 Å². The zero-order valence-electron chi connectivity index (χ0n) is 9.28. The molecule has 0 atom stereocenters. The Hall–Kier alpha value is -1.03. The second kappa shape index (κ2) is 4.45. The highest BCUT2D eigenvalue weighted by Crippen LogP contribution is 2.25. The van der Waals surface area contributed by atoms with Crippen molar-refractivity contribution in [2.75, 3.05) is 0 Å². The van der Waals surface area contributed by atoms with Crippen molar-refractivity contribution in [3.63, 3.8) is 0 Å². The predicted molar refractivity (Wildman–Crippen MR) is 63.1 cm³/mol. The van der Waals surface area contributed by atoms with Crippen LogP contribution in [-0.4, -0.2) is 9.13 Å². The molecule has 5 heteroatoms. The Morgan fingerprint density at radius 2 is 1.88 bits per heavy atom. The van der Waals surface area contributed by atoms with Gasteiger partial charge in [0.25, 0.3) is 5.56 Å². The predicted octanol–water partition coefficient (Wildman–Crippen LogP) is 1.71. The number of hydrogen-bond donors (Lipinski definition) is 0. The fourth-order valence-electron chi connectivity index (χ4n) is 2.29. The summed E-state index contributed by atoms with van der Waals surface area (Å²) in [6, 6.07) is 1.37. The van der Waals surface area contributed by atoms with Gasteiger partial charge in [-0.05, 0) is 12.8 Å². The van der Waals surface area contributed by atoms with E-state index in [0.29, 0.717) is 0 Å². The largest absolute Gasteiger partial charge is 0.332 e. The van der Waals surface area contributed by atoms with Gasteiger partial charge in [-0.2, -0.15) is 0 Å². The van der Waals surface area contributed by atoms with E-state index in [1.807, 2.05) is 0 Å². The molecule has 1 saturated carbocycles. The average Bonchev–Trinajstić information content (AvgIpc) is 2.28. The zero-order chi connectivity index (χ0) is 11.7. The first kappa shape index (κ1) is 11.5. The Morgan fingerprint density at radius 1 is 1.25 bits per heavy atom. The third-order valence-corrected chi connectivity index (χ3v) is 3.60. The molecule has 16 heavy (non-hydrogen) atoms. The summed E-state index contributed by atoms with van der Waals surface area (Å²) < 4.78 is 2.67. The maximum absolute atomic E-state index is 12.0. The molecule has 1 aliphatic carbocycles. The van der Waals surface area contributed by atoms with Gasteiger partial charge in [0.05, 0.1) is 0 Å². The number of aromatic nitrogens is 2. The first-order valence-electron chi connectivity index (χ1n) is 5.59. The summed E-state index contributed by atoms with van der Waals surface area (Å²) in [6.07, 6.45) is 5.19. The Morgan fingerprint density at radius 3 is 2.50 bits per heavy atom. The topological polar surface area (TPSA) is 44.0 Å². The molecule has 0 radical (unpaired) electrons. The lowest BCUT2D eigenvalue weighted by Gasteiger charge is -2.23. The number of rotatable bonds is 1. The van der Waals surface area contributed by atoms with E-state index >= 15 is 0 Å². The van der Waals surface area contributed by atoms with Gasteiger partial charge >= 0.3 is 5.69 Å². The Labute approximate surface area is 98.5 Å². The van der Waals surface area contributed by atoms with Crippen LogP contribution >= 0.6 is 11.6 Å². The summed E-state index contributed by atoms with van der Waals surface area (Å²) in [5.74, 6) is 0. The monoisotopic (exact) mass is 242 g/mol. The van der Waals surface area contributed by atoms with Crippen molar-refractivity contribution in [1.29, 1.82) is 0 Å². The van der Waals surface area contributed by atoms with Crippen LogP contribution in [0, 0.1) is 0 Å². The molecule has 0 unspecified atom stereocenters. The Kier molecular flexibility index (Phi) is 3.19. The van der Waals surface area contributed by atoms with Crippen molar-refractivity contribution < 1.29 is 0 Å². The molecule has 0 amide bonds. The van der Waals surface area contributed by atoms with Crippen LogP contribution in [0.1, 0.15) is 38.1 Å². The minimum absolute atomic E-state index is 0.0530. The molecular formula is C11H15ClN2O2. The standard InChI is InChI=1S/C11H15ClN2O2/c1-13-9(12)7-10(15)14(11(13)16)8-5-3-2-4-6-8/h7-8H,2-6H2,1H3. The number of halogens is 1. The highest BCUT2D eigenvalue weighted by molar-refractivity contribution is 6.29. The van der Waals surface area contributed by atoms with E-state index in [9.17, 15) is 9.59 Å². The van der Waals surface area contributed by atoms with Crippen LogP contribution < -0.4 is 11.2 Å². The molecule has 1 aromatic heterocycles. The fourth-order valence-corrected chi connectivity index (χ4v) is 2.46. The summed E-state index contributed by atoms with van der Waals surface area (Å²) in [5.41, 5.74) is -0.579. The minimum atomic E-state index is -0.301. The van der Waals surface area contributed by atoms with E-state index in [0.717, 1.165) is 25.7 Å². The molecule has 2 rings (SSSR count). The van der Waals surface area contributed by atoms with Crippen LogP contribution in [0.2, 0.25) is 5.15 Å². The molecule has 1 heterocycles. The van der Waals surface area contributed by atoms with Gasteiger partial charge in [0.15, 0.2) is 0 Å². The van der Waals surface area contributed by atoms with Crippen molar-refractivity contribution in [1.82, 2.24) is 9.13 Å². The van der Waals surface area contributed by atoms with Crippen molar-refractivity contribution in [2.45, 2.75) is 38.1 Å². The van der Waals surface area contributed by atoms with Crippen LogP contribution in [0.25, 0.3) is 0 Å². The molecule has 1 aliphatic rings. The first-order valence-corrected chi connectivity index (χ1v) is 5.97. The van der Waals surface area contributed by atoms with Gasteiger partial charge < -0.3 is 0 Å². The molecule has 1 aromatic rings. The first-order chi connectivity index (χ1) is 7.61. The third kappa shape index (κ3) is 1.94. The normalized spacial score (nSPS) is 17.6. The van der Waals surface area contributed by atoms with Crippen LogP contribution in [0.5, 0.6) is 0 Å². The highest BCUT2D eigenvalue weighted by Gasteiger charge is 2.19. The number of nitrogens with zero attached hydrogens (tertiary/aromatic N) is 2. The van der Waals surface area contributed by atoms with Gasteiger partial charge in [-0.1, -0.05) is 30.9 Å². The molecule has 0 aliphatic heterocycles. The molecule has 0 bridgehead atoms. The quantitative estimate of drug-likeness (QED) is 0.704. The lowest BCUT2D eigenvalue weighted by atomic mass is 9.95. The third-order valence-electron chi connectivity index (χ3n) is 3.23. The van der Waals surface area contributed by atoms with Crippen molar-refractivity contribution >= 4 is 11.6 Å². The van der Waals surface area contributed by atoms with Crippen LogP contribution in [0.3, 0.4) is 0 Å². The zero-order valence-corrected chi connectivity index (χ0v) is 10.0. The van der Waals surface area contributed by atoms with Gasteiger partial charge in [0.2, 0.25) is 0 Å². The van der Waals surface area contributed by atoms with Gasteiger partial charge in [-0.3, -0.25) is 13.9 Å². The van der Waals surface area contributed by atoms with E-state index in [1.165, 1.54) is 21.6 Å². The van der Waals surface area contributed by atoms with Gasteiger partial charge in [-0.15, -0.1) is 0 Å². The van der Waals surface area contributed by atoms with Crippen molar-refractivity contribution in [3.05, 3.63) is 32.1 Å². The fraction of sp³-hybridized carbons (Fsp3) is 0.636. The molecule has 4 nitrogen and oxygen atoms in total. The SMILES string of the molecule is Cn1c(Cl)cc(=O)n(C2CCCCC2)c1=O. The molecular weight excluding hydrogens is 228 g/mol. The summed E-state index contributed by atoms with van der Waals surface area (Å²) in [4.78, 5) is 23.7. The second-order valence-corrected chi connectivity index (χ2v) is 4.70. The maximum atomic E-state index is 12.0. The van der Waals surface area contributed by atoms with E-state index in [4.69, 9.17) is 11.6 Å². The second-order valence-electron chi connectivity index (χ2n) is 4.31. The summed E-state index contributed by atoms with van der Waals surface area (Å²) in [7, 11) is 1.59. The molecule has 1 fully saturated rings. The maximum Gasteiger partial charge on any atom is 0.332 e. The molecule has 0 aromatic carbocycles. The average molecular weight is 243 g/mol. The summed E-state index contributed by atoms with van der Waals surface area (Å²) >= 11 is 5.78. The Bertz CT molecular complexity index is 498. The number of hydrogen-bond acceptors (Lipinski definition) is 2. The summed E-state index contributed by atoms with van der Waals surface area (Å²) in [6.45, 7) is 0. The lowest BCUT2D eigenvalue weighted by Crippen LogP contribution is -2.41. The van der Waals surface area contributed by atoms with Crippen LogP contribution in [0.4, 0.5) is 0 Å². The van der Waals surface area contributed by atoms with Crippen molar-refractivity contribution in [3.8, 4) is 0 Å². The van der Waals surface area contributed by atoms with Crippen LogP contribution in [0.15, 0.2) is 15.7 Å². The van der Waals surface area contributed by atoms with Crippen molar-refractivity contribution in [2.24, 2.45) is 7.05 Å². The van der Waals surface area contributed by atoms with E-state index in [1.54, 1.807) is 7.05 Å². The summed E-state index contributed by atoms with van der Waals surface area (Å²) in [5, 5.41) is 0.196. The lowest BCUT2D eigenvalue weighted by molar-refractivity contribution is 0.331. The molecule has 0 saturated heterocycles. The molecule has 0 spiro atoms. The van der Waals surface area contributed by atoms with Gasteiger partial charge in [0, 0.05) is 19.2 Å². The highest BCUT2D eigenvalue weighted by atomic mass is 35.5. The van der Waals surface area contributed by atoms with Crippen LogP contribution in [-0.2, 0) is 7.05 Å². The van der Waals surface area contributed by atoms with E-state index in [2.05, 4.69) is 0 Å². The van der Waals surface area contributed by atoms with Gasteiger partial charge in [0.1, 0.15) is 5.15 Å². The van der Waals surface area contributed by atoms with E-state index in [-0.39, 0.29) is 22.4 Å². The molecule has 0 N–H and O–H groups in total. The molecule has 88 valence electrons. The Balaban J connectivity index is 2.51. The minimum Gasteiger partial charge on any atom is -0.287 e. The smallest absolute Gasteiger partial charge is 0.287 e.